The van der Waals surface area contributed by atoms with Crippen molar-refractivity contribution in [3.05, 3.63) is 125 Å². The minimum atomic E-state index is -0.522. The van der Waals surface area contributed by atoms with E-state index in [-0.39, 0.29) is 24.2 Å². The molecule has 4 rings (SSSR count). The van der Waals surface area contributed by atoms with Crippen LogP contribution in [0.5, 0.6) is 0 Å². The highest BCUT2D eigenvalue weighted by atomic mass is 16.5. The molecule has 8 nitrogen and oxygen atoms in total. The van der Waals surface area contributed by atoms with E-state index in [0.717, 1.165) is 28.2 Å². The van der Waals surface area contributed by atoms with Gasteiger partial charge in [0.2, 0.25) is 5.91 Å². The SMILES string of the molecule is CCOC(=O)c1ccc(-n2c(C)cc(/C=N\NC(=O)C[C@@H](NC(=O)c3ccccc3)c3ccccc3)c2C)cc1. The fraction of sp³-hybridized carbons (Fsp3) is 0.188. The third-order valence-corrected chi connectivity index (χ3v) is 6.43. The van der Waals surface area contributed by atoms with Gasteiger partial charge in [0.25, 0.3) is 5.91 Å². The summed E-state index contributed by atoms with van der Waals surface area (Å²) in [6, 6.07) is 26.9. The molecule has 4 aromatic rings. The minimum absolute atomic E-state index is 0.0196. The molecule has 0 saturated heterocycles. The van der Waals surface area contributed by atoms with Crippen LogP contribution in [0, 0.1) is 13.8 Å². The first-order valence-corrected chi connectivity index (χ1v) is 13.1. The molecule has 0 bridgehead atoms. The van der Waals surface area contributed by atoms with Gasteiger partial charge in [0, 0.05) is 28.2 Å². The van der Waals surface area contributed by atoms with E-state index in [4.69, 9.17) is 4.74 Å². The van der Waals surface area contributed by atoms with E-state index in [2.05, 4.69) is 15.8 Å². The van der Waals surface area contributed by atoms with Crippen molar-refractivity contribution in [3.8, 4) is 5.69 Å². The Hall–Kier alpha value is -4.98. The second-order valence-electron chi connectivity index (χ2n) is 9.23. The lowest BCUT2D eigenvalue weighted by Gasteiger charge is -2.18. The molecule has 8 heteroatoms. The van der Waals surface area contributed by atoms with Gasteiger partial charge in [0.1, 0.15) is 0 Å². The number of esters is 1. The molecule has 204 valence electrons. The van der Waals surface area contributed by atoms with Crippen LogP contribution in [0.15, 0.2) is 96.1 Å². The Balaban J connectivity index is 1.43. The van der Waals surface area contributed by atoms with Crippen LogP contribution in [0.4, 0.5) is 0 Å². The Kier molecular flexibility index (Phi) is 9.25. The molecule has 2 amide bonds. The van der Waals surface area contributed by atoms with Gasteiger partial charge in [-0.15, -0.1) is 0 Å². The van der Waals surface area contributed by atoms with Crippen LogP contribution < -0.4 is 10.7 Å². The minimum Gasteiger partial charge on any atom is -0.462 e. The lowest BCUT2D eigenvalue weighted by Crippen LogP contribution is -2.32. The predicted molar refractivity (Wildman–Crippen MR) is 155 cm³/mol. The Morgan fingerprint density at radius 1 is 0.900 bits per heavy atom. The number of carbonyl (C=O) groups is 3. The number of hydrazone groups is 1. The summed E-state index contributed by atoms with van der Waals surface area (Å²) in [6.07, 6.45) is 1.62. The summed E-state index contributed by atoms with van der Waals surface area (Å²) in [7, 11) is 0. The number of carbonyl (C=O) groups excluding carboxylic acids is 3. The van der Waals surface area contributed by atoms with Crippen molar-refractivity contribution in [1.29, 1.82) is 0 Å². The Morgan fingerprint density at radius 2 is 1.55 bits per heavy atom. The molecule has 0 spiro atoms. The van der Waals surface area contributed by atoms with Gasteiger partial charge in [-0.1, -0.05) is 48.5 Å². The molecule has 0 fully saturated rings. The van der Waals surface area contributed by atoms with Gasteiger partial charge in [-0.3, -0.25) is 9.59 Å². The van der Waals surface area contributed by atoms with Crippen LogP contribution in [0.25, 0.3) is 5.69 Å². The topological polar surface area (TPSA) is 102 Å². The van der Waals surface area contributed by atoms with Crippen molar-refractivity contribution in [2.24, 2.45) is 5.10 Å². The number of rotatable bonds is 10. The van der Waals surface area contributed by atoms with Crippen LogP contribution >= 0.6 is 0 Å². The first-order valence-electron chi connectivity index (χ1n) is 13.1. The molecule has 0 unspecified atom stereocenters. The van der Waals surface area contributed by atoms with Gasteiger partial charge in [0.05, 0.1) is 30.8 Å². The average Bonchev–Trinajstić information content (AvgIpc) is 3.26. The van der Waals surface area contributed by atoms with E-state index in [1.165, 1.54) is 0 Å². The summed E-state index contributed by atoms with van der Waals surface area (Å²) in [5, 5.41) is 7.14. The van der Waals surface area contributed by atoms with E-state index < -0.39 is 6.04 Å². The van der Waals surface area contributed by atoms with Gasteiger partial charge in [-0.25, -0.2) is 10.2 Å². The van der Waals surface area contributed by atoms with Gasteiger partial charge in [-0.2, -0.15) is 5.10 Å². The number of hydrogen-bond donors (Lipinski definition) is 2. The van der Waals surface area contributed by atoms with Crippen molar-refractivity contribution < 1.29 is 19.1 Å². The molecule has 0 aliphatic carbocycles. The van der Waals surface area contributed by atoms with Crippen molar-refractivity contribution >= 4 is 24.0 Å². The van der Waals surface area contributed by atoms with Crippen molar-refractivity contribution in [3.63, 3.8) is 0 Å². The van der Waals surface area contributed by atoms with Crippen LogP contribution in [0.1, 0.15) is 62.6 Å². The molecule has 0 aliphatic heterocycles. The number of nitrogens with one attached hydrogen (secondary N) is 2. The smallest absolute Gasteiger partial charge is 0.338 e. The van der Waals surface area contributed by atoms with Crippen LogP contribution in [-0.2, 0) is 9.53 Å². The maximum atomic E-state index is 12.8. The Bertz CT molecular complexity index is 1490. The molecule has 0 saturated carbocycles. The Morgan fingerprint density at radius 3 is 2.20 bits per heavy atom. The molecule has 40 heavy (non-hydrogen) atoms. The van der Waals surface area contributed by atoms with E-state index in [1.54, 1.807) is 49.5 Å². The van der Waals surface area contributed by atoms with E-state index in [0.29, 0.717) is 17.7 Å². The molecule has 3 aromatic carbocycles. The molecular formula is C32H32N4O4. The van der Waals surface area contributed by atoms with Crippen LogP contribution in [0.2, 0.25) is 0 Å². The zero-order valence-corrected chi connectivity index (χ0v) is 22.8. The number of ether oxygens (including phenoxy) is 1. The Labute approximate surface area is 233 Å². The van der Waals surface area contributed by atoms with E-state index >= 15 is 0 Å². The number of nitrogens with zero attached hydrogens (tertiary/aromatic N) is 2. The van der Waals surface area contributed by atoms with Gasteiger partial charge in [0.15, 0.2) is 0 Å². The lowest BCUT2D eigenvalue weighted by molar-refractivity contribution is -0.121. The van der Waals surface area contributed by atoms with E-state index in [1.807, 2.05) is 73.0 Å². The van der Waals surface area contributed by atoms with Crippen LogP contribution in [-0.4, -0.2) is 35.2 Å². The van der Waals surface area contributed by atoms with Crippen LogP contribution in [0.3, 0.4) is 0 Å². The summed E-state index contributed by atoms with van der Waals surface area (Å²) in [6.45, 7) is 6.03. The number of benzene rings is 3. The fourth-order valence-corrected chi connectivity index (χ4v) is 4.45. The fourth-order valence-electron chi connectivity index (χ4n) is 4.45. The quantitative estimate of drug-likeness (QED) is 0.164. The number of aromatic nitrogens is 1. The third-order valence-electron chi connectivity index (χ3n) is 6.43. The van der Waals surface area contributed by atoms with Crippen molar-refractivity contribution in [1.82, 2.24) is 15.3 Å². The molecule has 0 aliphatic rings. The maximum Gasteiger partial charge on any atom is 0.338 e. The second kappa shape index (κ2) is 13.2. The highest BCUT2D eigenvalue weighted by molar-refractivity contribution is 5.95. The number of amides is 2. The molecule has 1 aromatic heterocycles. The highest BCUT2D eigenvalue weighted by Crippen LogP contribution is 2.21. The molecular weight excluding hydrogens is 504 g/mol. The first kappa shape index (κ1) is 28.0. The molecule has 0 radical (unpaired) electrons. The first-order chi connectivity index (χ1) is 19.4. The monoisotopic (exact) mass is 536 g/mol. The largest absolute Gasteiger partial charge is 0.462 e. The summed E-state index contributed by atoms with van der Waals surface area (Å²) in [4.78, 5) is 37.6. The summed E-state index contributed by atoms with van der Waals surface area (Å²) in [5.74, 6) is -0.942. The van der Waals surface area contributed by atoms with Crippen molar-refractivity contribution in [2.45, 2.75) is 33.2 Å². The predicted octanol–water partition coefficient (Wildman–Crippen LogP) is 5.28. The lowest BCUT2D eigenvalue weighted by atomic mass is 10.0. The summed E-state index contributed by atoms with van der Waals surface area (Å²) in [5.41, 5.74) is 8.06. The zero-order chi connectivity index (χ0) is 28.5. The number of aryl methyl sites for hydroxylation is 1. The third kappa shape index (κ3) is 6.91. The average molecular weight is 537 g/mol. The standard InChI is InChI=1S/C32H32N4O4/c1-4-40-32(39)26-15-17-28(18-16-26)36-22(2)19-27(23(36)3)21-33-35-30(37)20-29(24-11-7-5-8-12-24)34-31(38)25-13-9-6-10-14-25/h5-19,21,29H,4,20H2,1-3H3,(H,34,38)(H,35,37)/b33-21-/t29-/m1/s1. The van der Waals surface area contributed by atoms with Gasteiger partial charge < -0.3 is 14.6 Å². The summed E-state index contributed by atoms with van der Waals surface area (Å²) >= 11 is 0. The van der Waals surface area contributed by atoms with Gasteiger partial charge in [-0.05, 0) is 68.8 Å². The second-order valence-corrected chi connectivity index (χ2v) is 9.23. The van der Waals surface area contributed by atoms with Gasteiger partial charge >= 0.3 is 5.97 Å². The number of hydrogen-bond acceptors (Lipinski definition) is 5. The van der Waals surface area contributed by atoms with Crippen molar-refractivity contribution in [2.75, 3.05) is 6.61 Å². The van der Waals surface area contributed by atoms with E-state index in [9.17, 15) is 14.4 Å². The maximum absolute atomic E-state index is 12.8. The normalized spacial score (nSPS) is 11.7. The summed E-state index contributed by atoms with van der Waals surface area (Å²) < 4.78 is 7.10. The zero-order valence-electron chi connectivity index (χ0n) is 22.8. The molecule has 1 heterocycles. The molecule has 2 N–H and O–H groups in total. The molecule has 1 atom stereocenters. The highest BCUT2D eigenvalue weighted by Gasteiger charge is 2.19.